The predicted molar refractivity (Wildman–Crippen MR) is 100 cm³/mol. The van der Waals surface area contributed by atoms with Gasteiger partial charge in [0.1, 0.15) is 12.4 Å². The molecule has 0 fully saturated rings. The highest BCUT2D eigenvalue weighted by Crippen LogP contribution is 2.22. The molecular weight excluding hydrogens is 312 g/mol. The summed E-state index contributed by atoms with van der Waals surface area (Å²) in [7, 11) is 0. The van der Waals surface area contributed by atoms with Gasteiger partial charge in [0.25, 0.3) is 0 Å². The number of nitrogens with zero attached hydrogens (tertiary/aromatic N) is 1. The second-order valence-electron chi connectivity index (χ2n) is 6.72. The molecule has 3 rings (SSSR count). The first-order chi connectivity index (χ1) is 12.0. The lowest BCUT2D eigenvalue weighted by atomic mass is 10.0. The van der Waals surface area contributed by atoms with Gasteiger partial charge in [0.15, 0.2) is 0 Å². The van der Waals surface area contributed by atoms with Crippen LogP contribution in [0.4, 0.5) is 4.79 Å². The van der Waals surface area contributed by atoms with Crippen molar-refractivity contribution in [3.05, 3.63) is 64.2 Å². The fourth-order valence-electron chi connectivity index (χ4n) is 3.19. The van der Waals surface area contributed by atoms with Gasteiger partial charge in [0, 0.05) is 13.1 Å². The highest BCUT2D eigenvalue weighted by Gasteiger charge is 2.19. The van der Waals surface area contributed by atoms with E-state index < -0.39 is 0 Å². The number of rotatable bonds is 4. The molecule has 0 unspecified atom stereocenters. The maximum Gasteiger partial charge on any atom is 0.317 e. The van der Waals surface area contributed by atoms with Crippen LogP contribution in [0.5, 0.6) is 5.75 Å². The molecule has 2 amide bonds. The van der Waals surface area contributed by atoms with Gasteiger partial charge in [0.2, 0.25) is 0 Å². The van der Waals surface area contributed by atoms with Crippen molar-refractivity contribution in [2.24, 2.45) is 0 Å². The Labute approximate surface area is 149 Å². The fourth-order valence-corrected chi connectivity index (χ4v) is 3.19. The number of ether oxygens (including phenoxy) is 1. The Balaban J connectivity index is 1.47. The van der Waals surface area contributed by atoms with E-state index in [1.165, 1.54) is 22.3 Å². The summed E-state index contributed by atoms with van der Waals surface area (Å²) in [6.45, 7) is 8.65. The van der Waals surface area contributed by atoms with Crippen LogP contribution in [0, 0.1) is 20.8 Å². The predicted octanol–water partition coefficient (Wildman–Crippen LogP) is 3.76. The van der Waals surface area contributed by atoms with Gasteiger partial charge in [-0.2, -0.15) is 0 Å². The van der Waals surface area contributed by atoms with Gasteiger partial charge in [-0.25, -0.2) is 4.79 Å². The van der Waals surface area contributed by atoms with Crippen molar-refractivity contribution in [3.63, 3.8) is 0 Å². The number of hydrogen-bond donors (Lipinski definition) is 1. The highest BCUT2D eigenvalue weighted by atomic mass is 16.5. The van der Waals surface area contributed by atoms with Crippen molar-refractivity contribution in [1.82, 2.24) is 10.2 Å². The summed E-state index contributed by atoms with van der Waals surface area (Å²) >= 11 is 0. The molecule has 1 heterocycles. The third kappa shape index (κ3) is 4.13. The van der Waals surface area contributed by atoms with Crippen molar-refractivity contribution >= 4 is 6.03 Å². The molecule has 4 heteroatoms. The number of nitrogens with one attached hydrogen (secondary N) is 1. The Morgan fingerprint density at radius 1 is 1.08 bits per heavy atom. The third-order valence-electron chi connectivity index (χ3n) is 4.84. The SMILES string of the molecule is Cc1cc(C)c(OCCNC(=O)N2CCc3ccccc3C2)cc1C. The molecule has 0 spiro atoms. The lowest BCUT2D eigenvalue weighted by Gasteiger charge is -2.29. The van der Waals surface area contributed by atoms with Crippen LogP contribution in [-0.4, -0.2) is 30.6 Å². The van der Waals surface area contributed by atoms with Crippen molar-refractivity contribution < 1.29 is 9.53 Å². The van der Waals surface area contributed by atoms with E-state index in [9.17, 15) is 4.79 Å². The number of carbonyl (C=O) groups excluding carboxylic acids is 1. The lowest BCUT2D eigenvalue weighted by molar-refractivity contribution is 0.189. The second-order valence-corrected chi connectivity index (χ2v) is 6.72. The van der Waals surface area contributed by atoms with Gasteiger partial charge >= 0.3 is 6.03 Å². The number of amides is 2. The van der Waals surface area contributed by atoms with Crippen molar-refractivity contribution in [1.29, 1.82) is 0 Å². The maximum absolute atomic E-state index is 12.3. The van der Waals surface area contributed by atoms with Crippen LogP contribution < -0.4 is 10.1 Å². The minimum atomic E-state index is -0.0186. The monoisotopic (exact) mass is 338 g/mol. The van der Waals surface area contributed by atoms with Crippen LogP contribution in [0.25, 0.3) is 0 Å². The van der Waals surface area contributed by atoms with Gasteiger partial charge in [-0.05, 0) is 61.1 Å². The van der Waals surface area contributed by atoms with Crippen molar-refractivity contribution in [2.45, 2.75) is 33.7 Å². The maximum atomic E-state index is 12.3. The third-order valence-corrected chi connectivity index (χ3v) is 4.84. The Morgan fingerprint density at radius 3 is 2.60 bits per heavy atom. The summed E-state index contributed by atoms with van der Waals surface area (Å²) in [6.07, 6.45) is 0.919. The summed E-state index contributed by atoms with van der Waals surface area (Å²) in [5.74, 6) is 0.893. The van der Waals surface area contributed by atoms with Crippen LogP contribution in [0.3, 0.4) is 0 Å². The molecule has 0 atom stereocenters. The number of hydrogen-bond acceptors (Lipinski definition) is 2. The minimum absolute atomic E-state index is 0.0186. The topological polar surface area (TPSA) is 41.6 Å². The average Bonchev–Trinajstić information content (AvgIpc) is 2.62. The van der Waals surface area contributed by atoms with Gasteiger partial charge in [-0.15, -0.1) is 0 Å². The van der Waals surface area contributed by atoms with E-state index in [4.69, 9.17) is 4.74 Å². The van der Waals surface area contributed by atoms with Crippen molar-refractivity contribution in [2.75, 3.05) is 19.7 Å². The molecule has 0 bridgehead atoms. The molecular formula is C21H26N2O2. The molecule has 4 nitrogen and oxygen atoms in total. The van der Waals surface area contributed by atoms with Gasteiger partial charge in [0.05, 0.1) is 6.54 Å². The average molecular weight is 338 g/mol. The normalized spacial score (nSPS) is 13.3. The van der Waals surface area contributed by atoms with Crippen LogP contribution in [0.1, 0.15) is 27.8 Å². The van der Waals surface area contributed by atoms with E-state index in [2.05, 4.69) is 49.5 Å². The number of carbonyl (C=O) groups is 1. The van der Waals surface area contributed by atoms with Crippen molar-refractivity contribution in [3.8, 4) is 5.75 Å². The molecule has 25 heavy (non-hydrogen) atoms. The smallest absolute Gasteiger partial charge is 0.317 e. The van der Waals surface area contributed by atoms with E-state index in [-0.39, 0.29) is 6.03 Å². The van der Waals surface area contributed by atoms with Crippen LogP contribution in [0.15, 0.2) is 36.4 Å². The number of fused-ring (bicyclic) bond motifs is 1. The van der Waals surface area contributed by atoms with Gasteiger partial charge < -0.3 is 15.0 Å². The summed E-state index contributed by atoms with van der Waals surface area (Å²) in [5.41, 5.74) is 6.20. The largest absolute Gasteiger partial charge is 0.491 e. The van der Waals surface area contributed by atoms with Gasteiger partial charge in [-0.3, -0.25) is 0 Å². The molecule has 0 saturated carbocycles. The molecule has 1 aliphatic rings. The van der Waals surface area contributed by atoms with E-state index >= 15 is 0 Å². The molecule has 1 aliphatic heterocycles. The Bertz CT molecular complexity index is 770. The molecule has 2 aromatic carbocycles. The Morgan fingerprint density at radius 2 is 1.80 bits per heavy atom. The summed E-state index contributed by atoms with van der Waals surface area (Å²) in [4.78, 5) is 14.2. The summed E-state index contributed by atoms with van der Waals surface area (Å²) in [6, 6.07) is 12.5. The number of aryl methyl sites for hydroxylation is 3. The summed E-state index contributed by atoms with van der Waals surface area (Å²) in [5, 5.41) is 2.96. The zero-order valence-electron chi connectivity index (χ0n) is 15.3. The fraction of sp³-hybridized carbons (Fsp3) is 0.381. The number of benzene rings is 2. The number of urea groups is 1. The first-order valence-electron chi connectivity index (χ1n) is 8.85. The zero-order valence-corrected chi connectivity index (χ0v) is 15.3. The van der Waals surface area contributed by atoms with E-state index in [0.717, 1.165) is 24.3 Å². The van der Waals surface area contributed by atoms with E-state index in [1.807, 2.05) is 17.9 Å². The van der Waals surface area contributed by atoms with Crippen LogP contribution in [0.2, 0.25) is 0 Å². The molecule has 0 aromatic heterocycles. The first-order valence-corrected chi connectivity index (χ1v) is 8.85. The van der Waals surface area contributed by atoms with Gasteiger partial charge in [-0.1, -0.05) is 30.3 Å². The quantitative estimate of drug-likeness (QED) is 0.863. The zero-order chi connectivity index (χ0) is 17.8. The van der Waals surface area contributed by atoms with Crippen LogP contribution >= 0.6 is 0 Å². The summed E-state index contributed by atoms with van der Waals surface area (Å²) < 4.78 is 5.83. The standard InChI is InChI=1S/C21H26N2O2/c1-15-12-17(3)20(13-16(15)2)25-11-9-22-21(24)23-10-8-18-6-4-5-7-19(18)14-23/h4-7,12-13H,8-11,14H2,1-3H3,(H,22,24). The Kier molecular flexibility index (Phi) is 5.27. The molecule has 132 valence electrons. The highest BCUT2D eigenvalue weighted by molar-refractivity contribution is 5.74. The van der Waals surface area contributed by atoms with E-state index in [1.54, 1.807) is 0 Å². The second kappa shape index (κ2) is 7.60. The van der Waals surface area contributed by atoms with Crippen LogP contribution in [-0.2, 0) is 13.0 Å². The molecule has 0 radical (unpaired) electrons. The molecule has 1 N–H and O–H groups in total. The lowest BCUT2D eigenvalue weighted by Crippen LogP contribution is -2.43. The molecule has 0 saturated heterocycles. The molecule has 2 aromatic rings. The minimum Gasteiger partial charge on any atom is -0.491 e. The molecule has 0 aliphatic carbocycles. The first kappa shape index (κ1) is 17.3. The Hall–Kier alpha value is -2.49. The van der Waals surface area contributed by atoms with E-state index in [0.29, 0.717) is 19.7 Å².